The minimum absolute atomic E-state index is 0.0243. The van der Waals surface area contributed by atoms with Crippen LogP contribution in [0.2, 0.25) is 0 Å². The Bertz CT molecular complexity index is 1210. The van der Waals surface area contributed by atoms with E-state index in [-0.39, 0.29) is 16.4 Å². The second kappa shape index (κ2) is 11.7. The number of nitrogens with one attached hydrogen (secondary N) is 2. The van der Waals surface area contributed by atoms with Gasteiger partial charge in [0, 0.05) is 37.6 Å². The third kappa shape index (κ3) is 5.90. The van der Waals surface area contributed by atoms with Gasteiger partial charge in [-0.3, -0.25) is 4.79 Å². The number of halogens is 3. The monoisotopic (exact) mass is 575 g/mol. The number of alkyl halides is 3. The van der Waals surface area contributed by atoms with Gasteiger partial charge >= 0.3 is 12.1 Å². The topological polar surface area (TPSA) is 61.4 Å². The van der Waals surface area contributed by atoms with E-state index in [2.05, 4.69) is 29.8 Å². The number of quaternary nitrogens is 1. The zero-order valence-electron chi connectivity index (χ0n) is 22.9. The molecule has 5 rings (SSSR count). The van der Waals surface area contributed by atoms with Gasteiger partial charge in [0.1, 0.15) is 11.1 Å². The van der Waals surface area contributed by atoms with Crippen molar-refractivity contribution in [3.05, 3.63) is 71.0 Å². The Hall–Kier alpha value is -2.56. The summed E-state index contributed by atoms with van der Waals surface area (Å²) in [5, 5.41) is 3.81. The number of amides is 2. The number of thioether (sulfide) groups is 1. The quantitative estimate of drug-likeness (QED) is 0.287. The first-order valence-electron chi connectivity index (χ1n) is 14.2. The summed E-state index contributed by atoms with van der Waals surface area (Å²) in [5.74, 6) is 0.778. The Morgan fingerprint density at radius 2 is 2.00 bits per heavy atom. The molecule has 1 aromatic rings. The molecule has 216 valence electrons. The number of hydrogen-bond donors (Lipinski definition) is 2. The van der Waals surface area contributed by atoms with Crippen molar-refractivity contribution in [3.63, 3.8) is 0 Å². The molecule has 2 aliphatic carbocycles. The molecular formula is C30H38F3N4O2S+. The highest BCUT2D eigenvalue weighted by molar-refractivity contribution is 7.99. The highest BCUT2D eigenvalue weighted by Gasteiger charge is 2.59. The third-order valence-corrected chi connectivity index (χ3v) is 10.1. The molecule has 1 saturated carbocycles. The Kier molecular flexibility index (Phi) is 8.50. The van der Waals surface area contributed by atoms with Gasteiger partial charge in [-0.2, -0.15) is 13.2 Å². The number of rotatable bonds is 10. The highest BCUT2D eigenvalue weighted by atomic mass is 32.2. The van der Waals surface area contributed by atoms with E-state index in [0.717, 1.165) is 35.4 Å². The third-order valence-electron chi connectivity index (χ3n) is 8.64. The molecule has 6 nitrogen and oxygen atoms in total. The summed E-state index contributed by atoms with van der Waals surface area (Å²) < 4.78 is 38.4. The lowest BCUT2D eigenvalue weighted by Crippen LogP contribution is -2.69. The van der Waals surface area contributed by atoms with E-state index < -0.39 is 17.3 Å². The largest absolute Gasteiger partial charge is 0.416 e. The Balaban J connectivity index is 1.13. The van der Waals surface area contributed by atoms with Crippen LogP contribution in [-0.2, 0) is 22.3 Å². The average Bonchev–Trinajstić information content (AvgIpc) is 3.20. The number of carbonyl (C=O) groups is 2. The summed E-state index contributed by atoms with van der Waals surface area (Å²) in [4.78, 5) is 29.0. The Morgan fingerprint density at radius 1 is 1.23 bits per heavy atom. The van der Waals surface area contributed by atoms with Gasteiger partial charge in [0.2, 0.25) is 5.91 Å². The van der Waals surface area contributed by atoms with Crippen LogP contribution in [0.5, 0.6) is 0 Å². The van der Waals surface area contributed by atoms with E-state index in [1.807, 2.05) is 23.9 Å². The van der Waals surface area contributed by atoms with E-state index in [1.165, 1.54) is 31.4 Å². The smallest absolute Gasteiger partial charge is 0.338 e. The number of carbonyl (C=O) groups excluding carboxylic acids is 2. The molecule has 2 aliphatic heterocycles. The molecule has 2 unspecified atom stereocenters. The maximum absolute atomic E-state index is 14.1. The van der Waals surface area contributed by atoms with Crippen molar-refractivity contribution in [3.8, 4) is 0 Å². The van der Waals surface area contributed by atoms with Gasteiger partial charge in [-0.05, 0) is 56.5 Å². The van der Waals surface area contributed by atoms with Gasteiger partial charge in [0.25, 0.3) is 0 Å². The molecule has 40 heavy (non-hydrogen) atoms. The van der Waals surface area contributed by atoms with Gasteiger partial charge in [-0.15, -0.1) is 4.59 Å². The van der Waals surface area contributed by atoms with Crippen LogP contribution in [0.3, 0.4) is 0 Å². The van der Waals surface area contributed by atoms with Crippen LogP contribution in [0.25, 0.3) is 0 Å². The predicted molar refractivity (Wildman–Crippen MR) is 150 cm³/mol. The highest BCUT2D eigenvalue weighted by Crippen LogP contribution is 2.43. The van der Waals surface area contributed by atoms with E-state index in [4.69, 9.17) is 0 Å². The fourth-order valence-corrected chi connectivity index (χ4v) is 7.30. The van der Waals surface area contributed by atoms with Crippen molar-refractivity contribution >= 4 is 23.6 Å². The van der Waals surface area contributed by atoms with Gasteiger partial charge < -0.3 is 10.2 Å². The van der Waals surface area contributed by atoms with Crippen molar-refractivity contribution < 1.29 is 27.4 Å². The van der Waals surface area contributed by atoms with E-state index >= 15 is 0 Å². The van der Waals surface area contributed by atoms with Gasteiger partial charge in [-0.1, -0.05) is 48.5 Å². The minimum atomic E-state index is -4.34. The molecule has 2 heterocycles. The van der Waals surface area contributed by atoms with Crippen LogP contribution in [-0.4, -0.2) is 57.6 Å². The van der Waals surface area contributed by atoms with Gasteiger partial charge in [0.05, 0.1) is 17.8 Å². The molecule has 0 aromatic heterocycles. The first-order valence-corrected chi connectivity index (χ1v) is 15.2. The maximum Gasteiger partial charge on any atom is 0.416 e. The molecule has 2 N–H and O–H groups in total. The molecule has 2 amide bonds. The SMILES string of the molecule is CC1([N+]2(CSC3CCC3)NC3=C(CN(C(=O)CCCNCc4ccc(C(F)(F)F)cc4)CC3)C2=O)C=CC=CC1. The van der Waals surface area contributed by atoms with Crippen molar-refractivity contribution in [2.75, 3.05) is 25.5 Å². The molecule has 0 bridgehead atoms. The van der Waals surface area contributed by atoms with Crippen molar-refractivity contribution in [1.82, 2.24) is 15.6 Å². The van der Waals surface area contributed by atoms with Crippen LogP contribution >= 0.6 is 11.8 Å². The molecule has 0 radical (unpaired) electrons. The zero-order valence-corrected chi connectivity index (χ0v) is 23.8. The summed E-state index contributed by atoms with van der Waals surface area (Å²) in [6.45, 7) is 4.08. The lowest BCUT2D eigenvalue weighted by Gasteiger charge is -2.45. The second-order valence-electron chi connectivity index (χ2n) is 11.4. The zero-order chi connectivity index (χ0) is 28.4. The van der Waals surface area contributed by atoms with Gasteiger partial charge in [0.15, 0.2) is 5.88 Å². The van der Waals surface area contributed by atoms with Crippen LogP contribution in [0.4, 0.5) is 13.2 Å². The van der Waals surface area contributed by atoms with Crippen LogP contribution < -0.4 is 10.7 Å². The summed E-state index contributed by atoms with van der Waals surface area (Å²) in [5.41, 5.74) is 5.08. The van der Waals surface area contributed by atoms with Crippen LogP contribution in [0, 0.1) is 0 Å². The summed E-state index contributed by atoms with van der Waals surface area (Å²) in [7, 11) is 0. The molecule has 1 aromatic carbocycles. The normalized spacial score (nSPS) is 26.6. The molecule has 2 atom stereocenters. The number of allylic oxidation sites excluding steroid dienone is 2. The molecular weight excluding hydrogens is 537 g/mol. The fraction of sp³-hybridized carbons (Fsp3) is 0.533. The molecule has 0 spiro atoms. The average molecular weight is 576 g/mol. The van der Waals surface area contributed by atoms with Gasteiger partial charge in [-0.25, -0.2) is 10.2 Å². The number of hydrogen-bond acceptors (Lipinski definition) is 5. The molecule has 1 fully saturated rings. The fourth-order valence-electron chi connectivity index (χ4n) is 5.73. The van der Waals surface area contributed by atoms with Crippen molar-refractivity contribution in [2.45, 2.75) is 75.4 Å². The standard InChI is InChI=1S/C30H37F3N4O2S/c1-29(15-3-2-4-16-29)37(21-40-24-7-5-8-24)28(39)25-20-36(18-14-26(25)35-37)27(38)9-6-17-34-19-22-10-12-23(13-11-22)30(31,32)33/h2-4,10-13,15,24,34H,5-9,14,16-21H2,1H3/p+1. The summed E-state index contributed by atoms with van der Waals surface area (Å²) in [6.07, 6.45) is 10.1. The molecule has 10 heteroatoms. The predicted octanol–water partition coefficient (Wildman–Crippen LogP) is 5.44. The Labute approximate surface area is 238 Å². The van der Waals surface area contributed by atoms with E-state index in [9.17, 15) is 22.8 Å². The minimum Gasteiger partial charge on any atom is -0.338 e. The summed E-state index contributed by atoms with van der Waals surface area (Å²) >= 11 is 1.89. The van der Waals surface area contributed by atoms with Crippen LogP contribution in [0.1, 0.15) is 63.0 Å². The Morgan fingerprint density at radius 3 is 2.65 bits per heavy atom. The molecule has 4 aliphatic rings. The second-order valence-corrected chi connectivity index (χ2v) is 12.7. The van der Waals surface area contributed by atoms with E-state index in [1.54, 1.807) is 4.90 Å². The summed E-state index contributed by atoms with van der Waals surface area (Å²) in [6, 6.07) is 5.10. The first kappa shape index (κ1) is 29.0. The lowest BCUT2D eigenvalue weighted by molar-refractivity contribution is -0.917. The first-order chi connectivity index (χ1) is 19.1. The lowest BCUT2D eigenvalue weighted by atomic mass is 9.90. The molecule has 0 saturated heterocycles. The van der Waals surface area contributed by atoms with E-state index in [0.29, 0.717) is 56.6 Å². The van der Waals surface area contributed by atoms with Crippen molar-refractivity contribution in [1.29, 1.82) is 0 Å². The number of benzene rings is 1. The maximum atomic E-state index is 14.1. The number of nitrogens with zero attached hydrogens (tertiary/aromatic N) is 2. The van der Waals surface area contributed by atoms with Crippen molar-refractivity contribution in [2.24, 2.45) is 0 Å². The van der Waals surface area contributed by atoms with Crippen LogP contribution in [0.15, 0.2) is 59.8 Å².